The molecule has 6 nitrogen and oxygen atoms in total. The van der Waals surface area contributed by atoms with Crippen molar-refractivity contribution < 1.29 is 8.42 Å². The molecule has 0 unspecified atom stereocenters. The minimum Gasteiger partial charge on any atom is -0.398 e. The number of aromatic nitrogens is 2. The van der Waals surface area contributed by atoms with Gasteiger partial charge in [0.25, 0.3) is 0 Å². The molecule has 7 heteroatoms. The fourth-order valence-electron chi connectivity index (χ4n) is 2.18. The van der Waals surface area contributed by atoms with E-state index in [1.54, 1.807) is 50.2 Å². The molecule has 0 saturated heterocycles. The molecule has 2 rings (SSSR count). The monoisotopic (exact) mass is 308 g/mol. The Balaban J connectivity index is 2.37. The summed E-state index contributed by atoms with van der Waals surface area (Å²) in [4.78, 5) is 0.256. The number of aryl methyl sites for hydroxylation is 2. The fourth-order valence-corrected chi connectivity index (χ4v) is 3.68. The van der Waals surface area contributed by atoms with Crippen LogP contribution in [0.3, 0.4) is 0 Å². The van der Waals surface area contributed by atoms with Crippen LogP contribution in [-0.2, 0) is 23.6 Å². The highest BCUT2D eigenvalue weighted by molar-refractivity contribution is 7.89. The summed E-state index contributed by atoms with van der Waals surface area (Å²) >= 11 is 0. The number of benzene rings is 1. The highest BCUT2D eigenvalue weighted by Gasteiger charge is 2.24. The lowest BCUT2D eigenvalue weighted by molar-refractivity contribution is 0.466. The normalized spacial score (nSPS) is 12.0. The Kier molecular flexibility index (Phi) is 4.06. The van der Waals surface area contributed by atoms with E-state index >= 15 is 0 Å². The van der Waals surface area contributed by atoms with Crippen LogP contribution in [0.1, 0.15) is 16.7 Å². The smallest absolute Gasteiger partial charge is 0.243 e. The lowest BCUT2D eigenvalue weighted by Crippen LogP contribution is -2.27. The number of hydrogen-bond acceptors (Lipinski definition) is 4. The van der Waals surface area contributed by atoms with Crippen LogP contribution in [0.2, 0.25) is 0 Å². The Bertz CT molecular complexity index is 765. The first-order valence-electron chi connectivity index (χ1n) is 6.52. The second-order valence-electron chi connectivity index (χ2n) is 5.26. The van der Waals surface area contributed by atoms with Crippen molar-refractivity contribution in [2.75, 3.05) is 12.8 Å². The molecule has 0 fully saturated rings. The maximum atomic E-state index is 12.7. The standard InChI is InChI=1S/C14H20N4O2S/c1-10-5-13(15)11(2)14(6-10)21(19,20)18(4)9-12-7-16-17(3)8-12/h5-8H,9,15H2,1-4H3. The first-order chi connectivity index (χ1) is 9.71. The van der Waals surface area contributed by atoms with Gasteiger partial charge in [0.1, 0.15) is 0 Å². The van der Waals surface area contributed by atoms with E-state index in [0.717, 1.165) is 11.1 Å². The van der Waals surface area contributed by atoms with Gasteiger partial charge in [-0.05, 0) is 37.1 Å². The maximum Gasteiger partial charge on any atom is 0.243 e. The molecule has 0 aliphatic heterocycles. The van der Waals surface area contributed by atoms with Crippen LogP contribution in [0.4, 0.5) is 5.69 Å². The molecule has 1 aromatic heterocycles. The van der Waals surface area contributed by atoms with Crippen molar-refractivity contribution in [1.29, 1.82) is 0 Å². The van der Waals surface area contributed by atoms with Gasteiger partial charge in [0.05, 0.1) is 11.1 Å². The Morgan fingerprint density at radius 3 is 2.57 bits per heavy atom. The molecule has 1 heterocycles. The average Bonchev–Trinajstić information content (AvgIpc) is 2.79. The number of nitrogens with two attached hydrogens (primary N) is 1. The van der Waals surface area contributed by atoms with Crippen molar-refractivity contribution in [3.8, 4) is 0 Å². The summed E-state index contributed by atoms with van der Waals surface area (Å²) in [5.41, 5.74) is 8.61. The van der Waals surface area contributed by atoms with E-state index < -0.39 is 10.0 Å². The van der Waals surface area contributed by atoms with E-state index in [-0.39, 0.29) is 11.4 Å². The topological polar surface area (TPSA) is 81.2 Å². The van der Waals surface area contributed by atoms with Gasteiger partial charge in [-0.2, -0.15) is 9.40 Å². The molecule has 21 heavy (non-hydrogen) atoms. The van der Waals surface area contributed by atoms with Gasteiger partial charge < -0.3 is 5.73 Å². The Hall–Kier alpha value is -1.86. The van der Waals surface area contributed by atoms with E-state index in [0.29, 0.717) is 11.3 Å². The summed E-state index contributed by atoms with van der Waals surface area (Å²) in [5.74, 6) is 0. The average molecular weight is 308 g/mol. The second-order valence-corrected chi connectivity index (χ2v) is 7.27. The molecule has 2 aromatic rings. The van der Waals surface area contributed by atoms with E-state index in [1.807, 2.05) is 6.92 Å². The Morgan fingerprint density at radius 2 is 2.00 bits per heavy atom. The van der Waals surface area contributed by atoms with Crippen LogP contribution in [0.5, 0.6) is 0 Å². The Morgan fingerprint density at radius 1 is 1.33 bits per heavy atom. The minimum atomic E-state index is -3.59. The van der Waals surface area contributed by atoms with Crippen molar-refractivity contribution in [1.82, 2.24) is 14.1 Å². The molecule has 114 valence electrons. The fraction of sp³-hybridized carbons (Fsp3) is 0.357. The zero-order valence-corrected chi connectivity index (χ0v) is 13.5. The summed E-state index contributed by atoms with van der Waals surface area (Å²) < 4.78 is 28.4. The van der Waals surface area contributed by atoms with Crippen molar-refractivity contribution in [3.05, 3.63) is 41.2 Å². The van der Waals surface area contributed by atoms with Gasteiger partial charge in [0.15, 0.2) is 0 Å². The quantitative estimate of drug-likeness (QED) is 0.867. The molecule has 1 aromatic carbocycles. The summed E-state index contributed by atoms with van der Waals surface area (Å²) in [5, 5.41) is 4.05. The largest absolute Gasteiger partial charge is 0.398 e. The van der Waals surface area contributed by atoms with Gasteiger partial charge in [-0.3, -0.25) is 4.68 Å². The van der Waals surface area contributed by atoms with Gasteiger partial charge in [0.2, 0.25) is 10.0 Å². The molecule has 0 atom stereocenters. The van der Waals surface area contributed by atoms with E-state index in [2.05, 4.69) is 5.10 Å². The van der Waals surface area contributed by atoms with Gasteiger partial charge in [-0.1, -0.05) is 0 Å². The highest BCUT2D eigenvalue weighted by Crippen LogP contribution is 2.26. The third-order valence-electron chi connectivity index (χ3n) is 3.40. The number of hydrogen-bond donors (Lipinski definition) is 1. The number of rotatable bonds is 4. The van der Waals surface area contributed by atoms with Crippen molar-refractivity contribution >= 4 is 15.7 Å². The summed E-state index contributed by atoms with van der Waals surface area (Å²) in [7, 11) is -0.236. The minimum absolute atomic E-state index is 0.256. The van der Waals surface area contributed by atoms with Crippen LogP contribution in [0.25, 0.3) is 0 Å². The number of nitrogen functional groups attached to an aromatic ring is 1. The lowest BCUT2D eigenvalue weighted by Gasteiger charge is -2.19. The van der Waals surface area contributed by atoms with Gasteiger partial charge in [-0.25, -0.2) is 8.42 Å². The van der Waals surface area contributed by atoms with Gasteiger partial charge >= 0.3 is 0 Å². The number of anilines is 1. The van der Waals surface area contributed by atoms with Gasteiger partial charge in [-0.15, -0.1) is 0 Å². The summed E-state index contributed by atoms with van der Waals surface area (Å²) in [6.07, 6.45) is 3.45. The van der Waals surface area contributed by atoms with Crippen LogP contribution in [0, 0.1) is 13.8 Å². The molecule has 0 amide bonds. The SMILES string of the molecule is Cc1cc(N)c(C)c(S(=O)(=O)N(C)Cc2cnn(C)c2)c1. The third-order valence-corrected chi connectivity index (χ3v) is 5.33. The van der Waals surface area contributed by atoms with Crippen molar-refractivity contribution in [2.24, 2.45) is 7.05 Å². The molecular formula is C14H20N4O2S. The second kappa shape index (κ2) is 5.50. The molecule has 0 bridgehead atoms. The molecule has 0 aliphatic carbocycles. The number of sulfonamides is 1. The van der Waals surface area contributed by atoms with Crippen LogP contribution in [-0.4, -0.2) is 29.6 Å². The molecule has 0 aliphatic rings. The molecule has 0 saturated carbocycles. The molecule has 2 N–H and O–H groups in total. The van der Waals surface area contributed by atoms with Crippen LogP contribution in [0.15, 0.2) is 29.4 Å². The predicted molar refractivity (Wildman–Crippen MR) is 82.2 cm³/mol. The first kappa shape index (κ1) is 15.5. The van der Waals surface area contributed by atoms with Gasteiger partial charge in [0, 0.05) is 38.1 Å². The maximum absolute atomic E-state index is 12.7. The summed E-state index contributed by atoms with van der Waals surface area (Å²) in [6.45, 7) is 3.82. The van der Waals surface area contributed by atoms with E-state index in [9.17, 15) is 8.42 Å². The number of nitrogens with zero attached hydrogens (tertiary/aromatic N) is 3. The van der Waals surface area contributed by atoms with Crippen molar-refractivity contribution in [3.63, 3.8) is 0 Å². The molecular weight excluding hydrogens is 288 g/mol. The van der Waals surface area contributed by atoms with Crippen LogP contribution >= 0.6 is 0 Å². The third kappa shape index (κ3) is 3.08. The molecule has 0 spiro atoms. The summed E-state index contributed by atoms with van der Waals surface area (Å²) in [6, 6.07) is 3.43. The lowest BCUT2D eigenvalue weighted by atomic mass is 10.1. The van der Waals surface area contributed by atoms with Crippen LogP contribution < -0.4 is 5.73 Å². The highest BCUT2D eigenvalue weighted by atomic mass is 32.2. The zero-order valence-electron chi connectivity index (χ0n) is 12.7. The predicted octanol–water partition coefficient (Wildman–Crippen LogP) is 1.44. The zero-order chi connectivity index (χ0) is 15.8. The van der Waals surface area contributed by atoms with E-state index in [1.165, 1.54) is 4.31 Å². The van der Waals surface area contributed by atoms with E-state index in [4.69, 9.17) is 5.73 Å². The Labute approximate surface area is 125 Å². The molecule has 0 radical (unpaired) electrons. The van der Waals surface area contributed by atoms with Crippen molar-refractivity contribution in [2.45, 2.75) is 25.3 Å². The first-order valence-corrected chi connectivity index (χ1v) is 7.96.